The Bertz CT molecular complexity index is 947. The van der Waals surface area contributed by atoms with Crippen LogP contribution in [-0.4, -0.2) is 9.55 Å². The van der Waals surface area contributed by atoms with E-state index in [1.54, 1.807) is 5.56 Å². The third kappa shape index (κ3) is 2.71. The molecule has 3 heterocycles. The molecule has 2 fully saturated rings. The molecule has 2 nitrogen and oxygen atoms in total. The largest absolute Gasteiger partial charge is 0.336 e. The van der Waals surface area contributed by atoms with Gasteiger partial charge in [0.05, 0.1) is 11.2 Å². The lowest BCUT2D eigenvalue weighted by Crippen LogP contribution is -2.27. The Hall–Kier alpha value is -1.54. The van der Waals surface area contributed by atoms with Crippen molar-refractivity contribution >= 4 is 28.9 Å². The van der Waals surface area contributed by atoms with Gasteiger partial charge in [0.2, 0.25) is 0 Å². The van der Waals surface area contributed by atoms with E-state index in [0.29, 0.717) is 17.4 Å². The molecular weight excluding hydrogens is 352 g/mol. The van der Waals surface area contributed by atoms with E-state index < -0.39 is 0 Å². The Morgan fingerprint density at radius 1 is 1.26 bits per heavy atom. The van der Waals surface area contributed by atoms with E-state index in [1.165, 1.54) is 67.1 Å². The second-order valence-corrected chi connectivity index (χ2v) is 9.57. The molecule has 3 atom stereocenters. The van der Waals surface area contributed by atoms with Crippen LogP contribution in [0.5, 0.6) is 0 Å². The molecule has 27 heavy (non-hydrogen) atoms. The number of aromatic nitrogens is 2. The molecule has 2 aromatic rings. The summed E-state index contributed by atoms with van der Waals surface area (Å²) in [4.78, 5) is 4.45. The number of rotatable bonds is 2. The van der Waals surface area contributed by atoms with E-state index in [1.807, 2.05) is 6.20 Å². The summed E-state index contributed by atoms with van der Waals surface area (Å²) in [5, 5.41) is 1.40. The Labute approximate surface area is 168 Å². The van der Waals surface area contributed by atoms with E-state index in [0.717, 1.165) is 12.3 Å². The van der Waals surface area contributed by atoms with Crippen molar-refractivity contribution in [1.29, 1.82) is 0 Å². The summed E-state index contributed by atoms with van der Waals surface area (Å²) in [5.74, 6) is 1.62. The van der Waals surface area contributed by atoms with Crippen molar-refractivity contribution in [2.75, 3.05) is 0 Å². The lowest BCUT2D eigenvalue weighted by Gasteiger charge is -2.37. The minimum atomic E-state index is 0. The van der Waals surface area contributed by atoms with Crippen LogP contribution in [0.25, 0.3) is 16.5 Å². The Balaban J connectivity index is 0.00000160. The predicted molar refractivity (Wildman–Crippen MR) is 114 cm³/mol. The standard InChI is InChI=1S/C24H28N2.ClH/c1-24(10-11-24)14-16-5-8-21-18(13-16)7-6-17-3-2-4-19-20-15-25-12-9-22(20)26(21)23(17)19;/h3,6-7,9,12,15-16,18,21H,2,4-5,8,10-11,13-14H2,1H3;1H. The quantitative estimate of drug-likeness (QED) is 0.581. The highest BCUT2D eigenvalue weighted by atomic mass is 35.5. The van der Waals surface area contributed by atoms with Crippen LogP contribution in [-0.2, 0) is 6.42 Å². The second-order valence-electron chi connectivity index (χ2n) is 9.57. The molecule has 2 saturated carbocycles. The van der Waals surface area contributed by atoms with Crippen LogP contribution in [0.15, 0.2) is 36.7 Å². The fourth-order valence-corrected chi connectivity index (χ4v) is 6.08. The zero-order valence-electron chi connectivity index (χ0n) is 16.2. The van der Waals surface area contributed by atoms with Gasteiger partial charge in [-0.25, -0.2) is 0 Å². The molecule has 0 amide bonds. The number of allylic oxidation sites excluding steroid dienone is 4. The van der Waals surface area contributed by atoms with Crippen LogP contribution in [0.4, 0.5) is 0 Å². The predicted octanol–water partition coefficient (Wildman–Crippen LogP) is 6.51. The summed E-state index contributed by atoms with van der Waals surface area (Å²) < 4.78 is 2.72. The fourth-order valence-electron chi connectivity index (χ4n) is 6.08. The van der Waals surface area contributed by atoms with Crippen LogP contribution in [0.3, 0.4) is 0 Å². The van der Waals surface area contributed by atoms with Gasteiger partial charge in [0.1, 0.15) is 0 Å². The minimum absolute atomic E-state index is 0. The summed E-state index contributed by atoms with van der Waals surface area (Å²) in [7, 11) is 0. The van der Waals surface area contributed by atoms with Gasteiger partial charge in [-0.2, -0.15) is 0 Å². The number of halogens is 1. The number of hydrogen-bond acceptors (Lipinski definition) is 1. The topological polar surface area (TPSA) is 17.8 Å². The number of aryl methyl sites for hydroxylation is 1. The summed E-state index contributed by atoms with van der Waals surface area (Å²) in [5.41, 5.74) is 6.62. The van der Waals surface area contributed by atoms with Crippen LogP contribution in [0.1, 0.15) is 69.2 Å². The molecule has 142 valence electrons. The average Bonchev–Trinajstić information content (AvgIpc) is 3.32. The van der Waals surface area contributed by atoms with Crippen LogP contribution in [0.2, 0.25) is 0 Å². The number of nitrogens with zero attached hydrogens (tertiary/aromatic N) is 2. The van der Waals surface area contributed by atoms with Gasteiger partial charge in [0.25, 0.3) is 0 Å². The van der Waals surface area contributed by atoms with Crippen molar-refractivity contribution in [3.63, 3.8) is 0 Å². The number of fused-ring (bicyclic) bond motifs is 5. The molecule has 0 bridgehead atoms. The maximum Gasteiger partial charge on any atom is 0.0524 e. The van der Waals surface area contributed by atoms with Crippen molar-refractivity contribution in [2.45, 2.75) is 64.3 Å². The maximum absolute atomic E-state index is 4.45. The molecule has 6 rings (SSSR count). The van der Waals surface area contributed by atoms with Crippen LogP contribution in [0, 0.1) is 17.3 Å². The summed E-state index contributed by atoms with van der Waals surface area (Å²) in [6.45, 7) is 2.50. The van der Waals surface area contributed by atoms with Gasteiger partial charge in [-0.3, -0.25) is 4.98 Å². The zero-order chi connectivity index (χ0) is 17.3. The van der Waals surface area contributed by atoms with Crippen molar-refractivity contribution in [3.8, 4) is 0 Å². The Morgan fingerprint density at radius 3 is 3.00 bits per heavy atom. The lowest BCUT2D eigenvalue weighted by molar-refractivity contribution is 0.193. The van der Waals surface area contributed by atoms with Crippen molar-refractivity contribution in [3.05, 3.63) is 47.9 Å². The first kappa shape index (κ1) is 17.6. The molecule has 1 aliphatic heterocycles. The summed E-state index contributed by atoms with van der Waals surface area (Å²) >= 11 is 0. The first-order chi connectivity index (χ1) is 12.7. The molecule has 3 unspecified atom stereocenters. The van der Waals surface area contributed by atoms with Gasteiger partial charge >= 0.3 is 0 Å². The van der Waals surface area contributed by atoms with Gasteiger partial charge in [0, 0.05) is 23.8 Å². The molecule has 0 spiro atoms. The van der Waals surface area contributed by atoms with Crippen LogP contribution < -0.4 is 0 Å². The molecule has 0 radical (unpaired) electrons. The molecule has 3 aliphatic carbocycles. The maximum atomic E-state index is 4.45. The molecule has 4 aliphatic rings. The van der Waals surface area contributed by atoms with Crippen molar-refractivity contribution in [2.24, 2.45) is 17.3 Å². The van der Waals surface area contributed by atoms with Gasteiger partial charge in [-0.1, -0.05) is 25.2 Å². The van der Waals surface area contributed by atoms with E-state index in [2.05, 4.69) is 47.0 Å². The van der Waals surface area contributed by atoms with E-state index >= 15 is 0 Å². The Morgan fingerprint density at radius 2 is 2.15 bits per heavy atom. The smallest absolute Gasteiger partial charge is 0.0524 e. The van der Waals surface area contributed by atoms with Gasteiger partial charge in [0.15, 0.2) is 0 Å². The highest BCUT2D eigenvalue weighted by Gasteiger charge is 2.42. The molecule has 0 N–H and O–H groups in total. The zero-order valence-corrected chi connectivity index (χ0v) is 17.0. The van der Waals surface area contributed by atoms with E-state index in [9.17, 15) is 0 Å². The Kier molecular flexibility index (Phi) is 4.05. The third-order valence-electron chi connectivity index (χ3n) is 7.65. The van der Waals surface area contributed by atoms with Crippen molar-refractivity contribution < 1.29 is 0 Å². The average molecular weight is 381 g/mol. The first-order valence-corrected chi connectivity index (χ1v) is 10.6. The normalized spacial score (nSPS) is 30.0. The highest BCUT2D eigenvalue weighted by molar-refractivity contribution is 5.93. The minimum Gasteiger partial charge on any atom is -0.336 e. The molecule has 2 aromatic heterocycles. The highest BCUT2D eigenvalue weighted by Crippen LogP contribution is 2.54. The SMILES string of the molecule is CC1(CC2CCC3C(C=CC4=CCCc5c4n3c3ccncc53)C2)CC1.Cl. The van der Waals surface area contributed by atoms with E-state index in [4.69, 9.17) is 0 Å². The van der Waals surface area contributed by atoms with Gasteiger partial charge in [-0.05, 0) is 85.8 Å². The summed E-state index contributed by atoms with van der Waals surface area (Å²) in [6.07, 6.45) is 22.4. The lowest BCUT2D eigenvalue weighted by atomic mass is 9.74. The van der Waals surface area contributed by atoms with Gasteiger partial charge < -0.3 is 4.57 Å². The fraction of sp³-hybridized carbons (Fsp3) is 0.542. The molecule has 0 saturated heterocycles. The van der Waals surface area contributed by atoms with E-state index in [-0.39, 0.29) is 12.4 Å². The van der Waals surface area contributed by atoms with Crippen molar-refractivity contribution in [1.82, 2.24) is 9.55 Å². The first-order valence-electron chi connectivity index (χ1n) is 10.6. The molecular formula is C24H29ClN2. The third-order valence-corrected chi connectivity index (χ3v) is 7.65. The number of hydrogen-bond donors (Lipinski definition) is 0. The number of pyridine rings is 1. The van der Waals surface area contributed by atoms with Gasteiger partial charge in [-0.15, -0.1) is 12.4 Å². The van der Waals surface area contributed by atoms with Crippen LogP contribution >= 0.6 is 12.4 Å². The summed E-state index contributed by atoms with van der Waals surface area (Å²) in [6, 6.07) is 2.89. The monoisotopic (exact) mass is 380 g/mol. The second kappa shape index (κ2) is 6.24. The molecule has 3 heteroatoms. The molecule has 0 aromatic carbocycles.